The first-order valence-corrected chi connectivity index (χ1v) is 5.36. The van der Waals surface area contributed by atoms with E-state index in [2.05, 4.69) is 11.7 Å². The van der Waals surface area contributed by atoms with Crippen molar-refractivity contribution in [2.75, 3.05) is 7.11 Å². The van der Waals surface area contributed by atoms with Gasteiger partial charge in [-0.05, 0) is 38.0 Å². The van der Waals surface area contributed by atoms with Gasteiger partial charge in [0.1, 0.15) is 5.75 Å². The molecular weight excluding hydrogens is 204 g/mol. The normalized spacial score (nSPS) is 11.0. The summed E-state index contributed by atoms with van der Waals surface area (Å²) in [5.41, 5.74) is 0.222. The number of hydrogen-bond acceptors (Lipinski definition) is 3. The summed E-state index contributed by atoms with van der Waals surface area (Å²) in [5.74, 6) is 0.309. The number of hydrogen-bond donors (Lipinski definition) is 0. The van der Waals surface area contributed by atoms with Gasteiger partial charge in [-0.25, -0.2) is 4.79 Å². The predicted molar refractivity (Wildman–Crippen MR) is 62.5 cm³/mol. The molecule has 0 spiro atoms. The van der Waals surface area contributed by atoms with E-state index in [9.17, 15) is 4.79 Å². The van der Waals surface area contributed by atoms with Crippen LogP contribution in [-0.4, -0.2) is 18.7 Å². The smallest absolute Gasteiger partial charge is 0.349 e. The van der Waals surface area contributed by atoms with Gasteiger partial charge in [0.25, 0.3) is 0 Å². The van der Waals surface area contributed by atoms with Crippen molar-refractivity contribution in [1.82, 2.24) is 0 Å². The molecule has 0 N–H and O–H groups in total. The van der Waals surface area contributed by atoms with Gasteiger partial charge >= 0.3 is 5.97 Å². The molecule has 0 radical (unpaired) electrons. The van der Waals surface area contributed by atoms with Crippen LogP contribution in [0, 0.1) is 0 Å². The Bertz CT molecular complexity index is 369. The molecule has 0 atom stereocenters. The molecule has 0 fully saturated rings. The fraction of sp³-hybridized carbons (Fsp3) is 0.462. The van der Waals surface area contributed by atoms with E-state index in [0.717, 1.165) is 6.42 Å². The number of methoxy groups -OCH3 is 1. The summed E-state index contributed by atoms with van der Waals surface area (Å²) < 4.78 is 10.3. The fourth-order valence-electron chi connectivity index (χ4n) is 1.41. The van der Waals surface area contributed by atoms with Crippen molar-refractivity contribution in [1.29, 1.82) is 0 Å². The van der Waals surface area contributed by atoms with E-state index in [1.807, 2.05) is 24.3 Å². The van der Waals surface area contributed by atoms with Crippen LogP contribution in [0.25, 0.3) is 0 Å². The van der Waals surface area contributed by atoms with E-state index in [-0.39, 0.29) is 5.97 Å². The average Bonchev–Trinajstić information content (AvgIpc) is 2.27. The average molecular weight is 222 g/mol. The van der Waals surface area contributed by atoms with Gasteiger partial charge in [0.05, 0.1) is 7.11 Å². The first-order chi connectivity index (χ1) is 7.49. The van der Waals surface area contributed by atoms with Crippen LogP contribution >= 0.6 is 0 Å². The Kier molecular flexibility index (Phi) is 3.93. The van der Waals surface area contributed by atoms with Crippen LogP contribution in [0.3, 0.4) is 0 Å². The van der Waals surface area contributed by atoms with Crippen molar-refractivity contribution >= 4 is 5.97 Å². The second-order valence-corrected chi connectivity index (χ2v) is 4.10. The Balaban J connectivity index is 2.83. The maximum absolute atomic E-state index is 11.4. The number of carbonyl (C=O) groups excluding carboxylic acids is 1. The third-order valence-corrected chi connectivity index (χ3v) is 2.36. The number of esters is 1. The van der Waals surface area contributed by atoms with Gasteiger partial charge in [0, 0.05) is 0 Å². The van der Waals surface area contributed by atoms with E-state index in [4.69, 9.17) is 4.74 Å². The van der Waals surface area contributed by atoms with Crippen LogP contribution in [-0.2, 0) is 16.0 Å². The van der Waals surface area contributed by atoms with Gasteiger partial charge in [0.15, 0.2) is 5.60 Å². The fourth-order valence-corrected chi connectivity index (χ4v) is 1.41. The van der Waals surface area contributed by atoms with Crippen LogP contribution in [0.4, 0.5) is 0 Å². The van der Waals surface area contributed by atoms with Crippen LogP contribution in [0.5, 0.6) is 5.75 Å². The highest BCUT2D eigenvalue weighted by molar-refractivity contribution is 5.78. The van der Waals surface area contributed by atoms with Crippen molar-refractivity contribution in [3.05, 3.63) is 29.8 Å². The molecule has 16 heavy (non-hydrogen) atoms. The van der Waals surface area contributed by atoms with E-state index >= 15 is 0 Å². The quantitative estimate of drug-likeness (QED) is 0.734. The first-order valence-electron chi connectivity index (χ1n) is 5.36. The number of benzene rings is 1. The zero-order valence-corrected chi connectivity index (χ0v) is 10.2. The van der Waals surface area contributed by atoms with Crippen molar-refractivity contribution in [2.24, 2.45) is 0 Å². The molecule has 0 saturated carbocycles. The van der Waals surface area contributed by atoms with Gasteiger partial charge in [0.2, 0.25) is 0 Å². The Labute approximate surface area is 96.4 Å². The van der Waals surface area contributed by atoms with Gasteiger partial charge in [-0.15, -0.1) is 0 Å². The maximum Gasteiger partial charge on any atom is 0.349 e. The van der Waals surface area contributed by atoms with Crippen molar-refractivity contribution in [3.8, 4) is 5.75 Å². The molecule has 88 valence electrons. The third-order valence-electron chi connectivity index (χ3n) is 2.36. The van der Waals surface area contributed by atoms with Crippen molar-refractivity contribution in [3.63, 3.8) is 0 Å². The summed E-state index contributed by atoms with van der Waals surface area (Å²) in [5, 5.41) is 0. The van der Waals surface area contributed by atoms with E-state index in [1.165, 1.54) is 12.7 Å². The highest BCUT2D eigenvalue weighted by atomic mass is 16.6. The monoisotopic (exact) mass is 222 g/mol. The maximum atomic E-state index is 11.4. The molecule has 3 heteroatoms. The Hall–Kier alpha value is -1.51. The standard InChI is InChI=1S/C13H18O3/c1-5-10-7-6-8-11(9-10)16-13(2,3)12(14)15-4/h6-9H,5H2,1-4H3. The lowest BCUT2D eigenvalue weighted by atomic mass is 10.1. The highest BCUT2D eigenvalue weighted by Crippen LogP contribution is 2.20. The van der Waals surface area contributed by atoms with Crippen LogP contribution in [0.2, 0.25) is 0 Å². The van der Waals surface area contributed by atoms with Crippen LogP contribution in [0.1, 0.15) is 26.3 Å². The lowest BCUT2D eigenvalue weighted by Gasteiger charge is -2.23. The van der Waals surface area contributed by atoms with Crippen LogP contribution < -0.4 is 4.74 Å². The van der Waals surface area contributed by atoms with Gasteiger partial charge < -0.3 is 9.47 Å². The van der Waals surface area contributed by atoms with Gasteiger partial charge in [-0.3, -0.25) is 0 Å². The summed E-state index contributed by atoms with van der Waals surface area (Å²) >= 11 is 0. The predicted octanol–water partition coefficient (Wildman–Crippen LogP) is 2.58. The first kappa shape index (κ1) is 12.6. The summed E-state index contributed by atoms with van der Waals surface area (Å²) in [4.78, 5) is 11.4. The summed E-state index contributed by atoms with van der Waals surface area (Å²) in [6.07, 6.45) is 0.940. The topological polar surface area (TPSA) is 35.5 Å². The summed E-state index contributed by atoms with van der Waals surface area (Å²) in [6, 6.07) is 7.72. The van der Waals surface area contributed by atoms with Crippen molar-refractivity contribution < 1.29 is 14.3 Å². The Morgan fingerprint density at radius 2 is 2.06 bits per heavy atom. The molecular formula is C13H18O3. The number of ether oxygens (including phenoxy) is 2. The molecule has 0 amide bonds. The van der Waals surface area contributed by atoms with E-state index in [0.29, 0.717) is 5.75 Å². The minimum Gasteiger partial charge on any atom is -0.476 e. The van der Waals surface area contributed by atoms with E-state index < -0.39 is 5.60 Å². The van der Waals surface area contributed by atoms with Crippen molar-refractivity contribution in [2.45, 2.75) is 32.8 Å². The zero-order chi connectivity index (χ0) is 12.2. The third kappa shape index (κ3) is 2.99. The molecule has 1 aromatic carbocycles. The molecule has 1 aromatic rings. The SMILES string of the molecule is CCc1cccc(OC(C)(C)C(=O)OC)c1. The molecule has 3 nitrogen and oxygen atoms in total. The molecule has 0 aliphatic heterocycles. The van der Waals surface area contributed by atoms with E-state index in [1.54, 1.807) is 13.8 Å². The number of aryl methyl sites for hydroxylation is 1. The minimum absolute atomic E-state index is 0.380. The van der Waals surface area contributed by atoms with Gasteiger partial charge in [-0.1, -0.05) is 19.1 Å². The summed E-state index contributed by atoms with van der Waals surface area (Å²) in [7, 11) is 1.36. The molecule has 0 saturated heterocycles. The summed E-state index contributed by atoms with van der Waals surface area (Å²) in [6.45, 7) is 5.46. The number of carbonyl (C=O) groups is 1. The Morgan fingerprint density at radius 1 is 1.38 bits per heavy atom. The Morgan fingerprint density at radius 3 is 2.62 bits per heavy atom. The molecule has 0 aromatic heterocycles. The number of rotatable bonds is 4. The molecule has 1 rings (SSSR count). The molecule has 0 aliphatic rings. The molecule has 0 bridgehead atoms. The largest absolute Gasteiger partial charge is 0.476 e. The van der Waals surface area contributed by atoms with Crippen LogP contribution in [0.15, 0.2) is 24.3 Å². The lowest BCUT2D eigenvalue weighted by Crippen LogP contribution is -2.39. The molecule has 0 heterocycles. The highest BCUT2D eigenvalue weighted by Gasteiger charge is 2.30. The second kappa shape index (κ2) is 5.01. The second-order valence-electron chi connectivity index (χ2n) is 4.10. The molecule has 0 aliphatic carbocycles. The molecule has 0 unspecified atom stereocenters. The van der Waals surface area contributed by atoms with Gasteiger partial charge in [-0.2, -0.15) is 0 Å². The minimum atomic E-state index is -0.957. The zero-order valence-electron chi connectivity index (χ0n) is 10.2. The lowest BCUT2D eigenvalue weighted by molar-refractivity contribution is -0.156.